The van der Waals surface area contributed by atoms with E-state index in [0.717, 1.165) is 35.9 Å². The zero-order valence-electron chi connectivity index (χ0n) is 15.0. The Balaban J connectivity index is 1.93. The van der Waals surface area contributed by atoms with E-state index in [-0.39, 0.29) is 5.56 Å². The number of anilines is 1. The van der Waals surface area contributed by atoms with Crippen LogP contribution in [0.15, 0.2) is 42.5 Å². The molecule has 0 bridgehead atoms. The highest BCUT2D eigenvalue weighted by atomic mass is 16.6. The number of carbonyl (C=O) groups is 1. The topological polar surface area (TPSA) is 119 Å². The number of hydrogen-bond acceptors (Lipinski definition) is 6. The van der Waals surface area contributed by atoms with Gasteiger partial charge in [0.15, 0.2) is 0 Å². The third-order valence-corrected chi connectivity index (χ3v) is 3.97. The lowest BCUT2D eigenvalue weighted by atomic mass is 10.1. The maximum absolute atomic E-state index is 12.2. The molecule has 0 unspecified atom stereocenters. The molecular weight excluding hydrogens is 352 g/mol. The van der Waals surface area contributed by atoms with Gasteiger partial charge in [0.25, 0.3) is 17.3 Å². The largest absolute Gasteiger partial charge is 0.378 e. The van der Waals surface area contributed by atoms with E-state index in [1.165, 1.54) is 0 Å². The van der Waals surface area contributed by atoms with Gasteiger partial charge in [-0.3, -0.25) is 25.0 Å². The fourth-order valence-electron chi connectivity index (χ4n) is 2.49. The third kappa shape index (κ3) is 5.50. The number of nitrogens with one attached hydrogen (secondary N) is 1. The zero-order chi connectivity index (χ0) is 20.0. The Morgan fingerprint density at radius 2 is 1.56 bits per heavy atom. The van der Waals surface area contributed by atoms with Crippen molar-refractivity contribution in [1.29, 1.82) is 0 Å². The number of aryl methyl sites for hydroxylation is 1. The van der Waals surface area contributed by atoms with Crippen molar-refractivity contribution in [3.8, 4) is 0 Å². The van der Waals surface area contributed by atoms with Crippen LogP contribution in [0, 0.1) is 20.2 Å². The Labute approximate surface area is 155 Å². The number of nitro benzene ring substituents is 2. The van der Waals surface area contributed by atoms with Crippen molar-refractivity contribution in [2.45, 2.75) is 12.8 Å². The highest BCUT2D eigenvalue weighted by Crippen LogP contribution is 2.22. The summed E-state index contributed by atoms with van der Waals surface area (Å²) in [4.78, 5) is 34.4. The molecule has 0 spiro atoms. The second-order valence-corrected chi connectivity index (χ2v) is 6.17. The van der Waals surface area contributed by atoms with Crippen LogP contribution in [0.25, 0.3) is 0 Å². The van der Waals surface area contributed by atoms with Crippen LogP contribution < -0.4 is 10.2 Å². The lowest BCUT2D eigenvalue weighted by Gasteiger charge is -2.12. The van der Waals surface area contributed by atoms with Gasteiger partial charge in [0.1, 0.15) is 0 Å². The molecule has 0 aromatic heterocycles. The van der Waals surface area contributed by atoms with Crippen molar-refractivity contribution in [2.24, 2.45) is 0 Å². The second-order valence-electron chi connectivity index (χ2n) is 6.17. The van der Waals surface area contributed by atoms with Crippen LogP contribution in [-0.2, 0) is 6.42 Å². The van der Waals surface area contributed by atoms with Crippen LogP contribution in [0.5, 0.6) is 0 Å². The molecule has 1 amide bonds. The molecule has 2 aromatic carbocycles. The summed E-state index contributed by atoms with van der Waals surface area (Å²) in [6, 6.07) is 10.9. The predicted molar refractivity (Wildman–Crippen MR) is 101 cm³/mol. The van der Waals surface area contributed by atoms with Crippen molar-refractivity contribution >= 4 is 23.0 Å². The van der Waals surface area contributed by atoms with E-state index in [0.29, 0.717) is 13.0 Å². The number of carbonyl (C=O) groups excluding carboxylic acids is 1. The number of hydrogen-bond donors (Lipinski definition) is 1. The van der Waals surface area contributed by atoms with E-state index in [4.69, 9.17) is 0 Å². The Morgan fingerprint density at radius 1 is 1.00 bits per heavy atom. The van der Waals surface area contributed by atoms with Crippen molar-refractivity contribution in [2.75, 3.05) is 25.5 Å². The van der Waals surface area contributed by atoms with E-state index in [1.807, 2.05) is 43.3 Å². The van der Waals surface area contributed by atoms with Gasteiger partial charge >= 0.3 is 0 Å². The first-order valence-electron chi connectivity index (χ1n) is 8.26. The smallest absolute Gasteiger partial charge is 0.277 e. The summed E-state index contributed by atoms with van der Waals surface area (Å²) < 4.78 is 0. The van der Waals surface area contributed by atoms with E-state index in [9.17, 15) is 25.0 Å². The molecular formula is C18H20N4O5. The van der Waals surface area contributed by atoms with Crippen molar-refractivity contribution in [3.63, 3.8) is 0 Å². The van der Waals surface area contributed by atoms with Crippen molar-refractivity contribution < 1.29 is 14.6 Å². The number of benzene rings is 2. The number of amides is 1. The molecule has 0 aliphatic heterocycles. The molecule has 0 aliphatic rings. The molecule has 2 rings (SSSR count). The first-order chi connectivity index (χ1) is 12.8. The van der Waals surface area contributed by atoms with Crippen LogP contribution in [0.4, 0.5) is 17.1 Å². The molecule has 142 valence electrons. The van der Waals surface area contributed by atoms with Gasteiger partial charge in [0.05, 0.1) is 21.5 Å². The van der Waals surface area contributed by atoms with Gasteiger partial charge in [-0.15, -0.1) is 0 Å². The first kappa shape index (κ1) is 19.8. The average molecular weight is 372 g/mol. The molecule has 0 atom stereocenters. The monoisotopic (exact) mass is 372 g/mol. The lowest BCUT2D eigenvalue weighted by Crippen LogP contribution is -2.25. The SMILES string of the molecule is CN(C)c1ccc(CCCNC(=O)c2cc([N+](=O)[O-])cc([N+](=O)[O-])c2)cc1. The van der Waals surface area contributed by atoms with Crippen LogP contribution in [0.1, 0.15) is 22.3 Å². The molecule has 0 saturated carbocycles. The molecule has 2 aromatic rings. The Hall–Kier alpha value is -3.49. The standard InChI is InChI=1S/C18H20N4O5/c1-20(2)15-7-5-13(6-8-15)4-3-9-19-18(23)14-10-16(21(24)25)12-17(11-14)22(26)27/h5-8,10-12H,3-4,9H2,1-2H3,(H,19,23). The predicted octanol–water partition coefficient (Wildman–Crippen LogP) is 2.93. The van der Waals surface area contributed by atoms with E-state index >= 15 is 0 Å². The Kier molecular flexibility index (Phi) is 6.42. The molecule has 9 heteroatoms. The number of non-ortho nitro benzene ring substituents is 2. The van der Waals surface area contributed by atoms with Crippen LogP contribution in [0.3, 0.4) is 0 Å². The first-order valence-corrected chi connectivity index (χ1v) is 8.26. The van der Waals surface area contributed by atoms with Crippen LogP contribution in [-0.4, -0.2) is 36.4 Å². The minimum atomic E-state index is -0.763. The van der Waals surface area contributed by atoms with Gasteiger partial charge in [-0.25, -0.2) is 0 Å². The highest BCUT2D eigenvalue weighted by Gasteiger charge is 2.19. The summed E-state index contributed by atoms with van der Waals surface area (Å²) in [5.41, 5.74) is 1.14. The fourth-order valence-corrected chi connectivity index (χ4v) is 2.49. The molecule has 0 fully saturated rings. The van der Waals surface area contributed by atoms with Crippen LogP contribution in [0.2, 0.25) is 0 Å². The minimum Gasteiger partial charge on any atom is -0.378 e. The van der Waals surface area contributed by atoms with Gasteiger partial charge in [0.2, 0.25) is 0 Å². The van der Waals surface area contributed by atoms with Gasteiger partial charge < -0.3 is 10.2 Å². The Morgan fingerprint density at radius 3 is 2.04 bits per heavy atom. The van der Waals surface area contributed by atoms with Crippen LogP contribution >= 0.6 is 0 Å². The second kappa shape index (κ2) is 8.75. The summed E-state index contributed by atoms with van der Waals surface area (Å²) in [6.07, 6.45) is 1.42. The molecule has 0 heterocycles. The summed E-state index contributed by atoms with van der Waals surface area (Å²) in [6.45, 7) is 0.352. The molecule has 0 radical (unpaired) electrons. The molecule has 0 aliphatic carbocycles. The maximum Gasteiger partial charge on any atom is 0.277 e. The van der Waals surface area contributed by atoms with Gasteiger partial charge in [-0.2, -0.15) is 0 Å². The van der Waals surface area contributed by atoms with E-state index < -0.39 is 27.1 Å². The minimum absolute atomic E-state index is 0.105. The molecule has 0 saturated heterocycles. The summed E-state index contributed by atoms with van der Waals surface area (Å²) >= 11 is 0. The quantitative estimate of drug-likeness (QED) is 0.432. The van der Waals surface area contributed by atoms with Crippen molar-refractivity contribution in [1.82, 2.24) is 5.32 Å². The summed E-state index contributed by atoms with van der Waals surface area (Å²) in [7, 11) is 3.92. The molecule has 1 N–H and O–H groups in total. The maximum atomic E-state index is 12.2. The number of nitrogens with zero attached hydrogens (tertiary/aromatic N) is 3. The van der Waals surface area contributed by atoms with Gasteiger partial charge in [-0.1, -0.05) is 12.1 Å². The normalized spacial score (nSPS) is 10.3. The number of rotatable bonds is 8. The Bertz CT molecular complexity index is 817. The van der Waals surface area contributed by atoms with E-state index in [1.54, 1.807) is 0 Å². The number of nitro groups is 2. The van der Waals surface area contributed by atoms with E-state index in [2.05, 4.69) is 5.32 Å². The summed E-state index contributed by atoms with van der Waals surface area (Å²) in [5.74, 6) is -0.579. The lowest BCUT2D eigenvalue weighted by molar-refractivity contribution is -0.394. The molecule has 27 heavy (non-hydrogen) atoms. The highest BCUT2D eigenvalue weighted by molar-refractivity contribution is 5.95. The zero-order valence-corrected chi connectivity index (χ0v) is 15.0. The van der Waals surface area contributed by atoms with Crippen molar-refractivity contribution in [3.05, 3.63) is 73.8 Å². The molecule has 9 nitrogen and oxygen atoms in total. The third-order valence-electron chi connectivity index (χ3n) is 3.97. The summed E-state index contributed by atoms with van der Waals surface area (Å²) in [5, 5.41) is 24.4. The van der Waals surface area contributed by atoms with Gasteiger partial charge in [0, 0.05) is 38.5 Å². The average Bonchev–Trinajstić information content (AvgIpc) is 2.64. The fraction of sp³-hybridized carbons (Fsp3) is 0.278. The van der Waals surface area contributed by atoms with Gasteiger partial charge in [-0.05, 0) is 30.5 Å².